The molecule has 2 aliphatic rings. The first-order valence-electron chi connectivity index (χ1n) is 9.88. The molecule has 156 valence electrons. The molecule has 4 rings (SSSR count). The number of anilines is 1. The van der Waals surface area contributed by atoms with Crippen LogP contribution in [-0.2, 0) is 0 Å². The lowest BCUT2D eigenvalue weighted by Gasteiger charge is -2.34. The van der Waals surface area contributed by atoms with Crippen LogP contribution in [0.15, 0.2) is 22.7 Å². The van der Waals surface area contributed by atoms with Gasteiger partial charge in [0.15, 0.2) is 5.82 Å². The Bertz CT molecular complexity index is 882. The van der Waals surface area contributed by atoms with E-state index in [0.717, 1.165) is 37.2 Å². The van der Waals surface area contributed by atoms with Crippen LogP contribution >= 0.6 is 0 Å². The molecule has 0 N–H and O–H groups in total. The van der Waals surface area contributed by atoms with Crippen LogP contribution in [0, 0.1) is 12.8 Å². The molecule has 2 fully saturated rings. The summed E-state index contributed by atoms with van der Waals surface area (Å²) in [5.41, 5.74) is 2.01. The van der Waals surface area contributed by atoms with Crippen molar-refractivity contribution < 1.29 is 22.5 Å². The number of hydrogen-bond donors (Lipinski definition) is 0. The summed E-state index contributed by atoms with van der Waals surface area (Å²) >= 11 is 0. The van der Waals surface area contributed by atoms with Crippen LogP contribution in [0.3, 0.4) is 0 Å². The third-order valence-electron chi connectivity index (χ3n) is 5.69. The average Bonchev–Trinajstić information content (AvgIpc) is 3.38. The topological polar surface area (TPSA) is 62.5 Å². The van der Waals surface area contributed by atoms with Crippen molar-refractivity contribution in [3.05, 3.63) is 29.6 Å². The lowest BCUT2D eigenvalue weighted by Crippen LogP contribution is -2.42. The Labute approximate surface area is 166 Å². The molecule has 0 saturated carbocycles. The first-order chi connectivity index (χ1) is 13.8. The van der Waals surface area contributed by atoms with Gasteiger partial charge in [0.2, 0.25) is 0 Å². The Hall–Kier alpha value is -2.58. The van der Waals surface area contributed by atoms with E-state index in [9.17, 15) is 18.0 Å². The number of carbonyl (C=O) groups is 1. The molecule has 9 heteroatoms. The van der Waals surface area contributed by atoms with E-state index in [1.165, 1.54) is 4.90 Å². The van der Waals surface area contributed by atoms with Gasteiger partial charge in [-0.3, -0.25) is 4.79 Å². The van der Waals surface area contributed by atoms with Crippen LogP contribution in [0.1, 0.15) is 41.9 Å². The molecular weight excluding hydrogens is 385 g/mol. The molecule has 1 amide bonds. The second kappa shape index (κ2) is 7.68. The van der Waals surface area contributed by atoms with E-state index in [4.69, 9.17) is 4.52 Å². The zero-order chi connectivity index (χ0) is 20.6. The number of amides is 1. The molecule has 29 heavy (non-hydrogen) atoms. The number of piperidine rings is 1. The molecule has 1 aromatic heterocycles. The lowest BCUT2D eigenvalue weighted by atomic mass is 9.95. The fourth-order valence-corrected chi connectivity index (χ4v) is 4.06. The Balaban J connectivity index is 1.60. The number of aromatic nitrogens is 2. The van der Waals surface area contributed by atoms with Gasteiger partial charge in [0, 0.05) is 31.7 Å². The molecule has 0 atom stereocenters. The van der Waals surface area contributed by atoms with Crippen LogP contribution in [0.2, 0.25) is 0 Å². The van der Waals surface area contributed by atoms with Gasteiger partial charge < -0.3 is 14.3 Å². The first kappa shape index (κ1) is 19.7. The standard InChI is InChI=1S/C20H23F3N4O2/c1-13-24-18(29-25-13)14-4-5-16(17(12-14)26-8-2-3-9-26)19(28)27-10-6-15(7-11-27)20(21,22)23/h4-5,12,15H,2-3,6-11H2,1H3. The van der Waals surface area contributed by atoms with Crippen LogP contribution in [0.25, 0.3) is 11.5 Å². The molecule has 0 bridgehead atoms. The second-order valence-electron chi connectivity index (χ2n) is 7.68. The van der Waals surface area contributed by atoms with E-state index in [0.29, 0.717) is 17.3 Å². The maximum absolute atomic E-state index is 13.2. The molecule has 3 heterocycles. The summed E-state index contributed by atoms with van der Waals surface area (Å²) in [6.45, 7) is 3.64. The largest absolute Gasteiger partial charge is 0.391 e. The van der Waals surface area contributed by atoms with Crippen molar-refractivity contribution in [1.82, 2.24) is 15.0 Å². The summed E-state index contributed by atoms with van der Waals surface area (Å²) in [5, 5.41) is 3.81. The maximum Gasteiger partial charge on any atom is 0.391 e. The Kier molecular flexibility index (Phi) is 5.23. The molecule has 6 nitrogen and oxygen atoms in total. The summed E-state index contributed by atoms with van der Waals surface area (Å²) in [7, 11) is 0. The number of aryl methyl sites for hydroxylation is 1. The summed E-state index contributed by atoms with van der Waals surface area (Å²) in [5.74, 6) is -0.642. The number of carbonyl (C=O) groups excluding carboxylic acids is 1. The molecule has 0 aliphatic carbocycles. The van der Waals surface area contributed by atoms with E-state index < -0.39 is 12.1 Å². The second-order valence-corrected chi connectivity index (χ2v) is 7.68. The van der Waals surface area contributed by atoms with Gasteiger partial charge in [-0.05, 0) is 50.8 Å². The highest BCUT2D eigenvalue weighted by molar-refractivity contribution is 6.00. The molecule has 2 aromatic rings. The molecule has 2 saturated heterocycles. The Morgan fingerprint density at radius 2 is 1.83 bits per heavy atom. The van der Waals surface area contributed by atoms with Crippen LogP contribution < -0.4 is 4.90 Å². The third kappa shape index (κ3) is 4.09. The minimum atomic E-state index is -4.19. The minimum Gasteiger partial charge on any atom is -0.371 e. The molecule has 0 spiro atoms. The van der Waals surface area contributed by atoms with Crippen molar-refractivity contribution in [2.24, 2.45) is 5.92 Å². The monoisotopic (exact) mass is 408 g/mol. The van der Waals surface area contributed by atoms with Gasteiger partial charge in [0.1, 0.15) is 0 Å². The number of hydrogen-bond acceptors (Lipinski definition) is 5. The minimum absolute atomic E-state index is 0.0480. The number of halogens is 3. The zero-order valence-corrected chi connectivity index (χ0v) is 16.2. The van der Waals surface area contributed by atoms with Crippen molar-refractivity contribution >= 4 is 11.6 Å². The highest BCUT2D eigenvalue weighted by Gasteiger charge is 2.42. The predicted octanol–water partition coefficient (Wildman–Crippen LogP) is 4.06. The van der Waals surface area contributed by atoms with Gasteiger partial charge in [-0.25, -0.2) is 0 Å². The van der Waals surface area contributed by atoms with Gasteiger partial charge in [-0.1, -0.05) is 5.16 Å². The highest BCUT2D eigenvalue weighted by atomic mass is 19.4. The van der Waals surface area contributed by atoms with Crippen LogP contribution in [0.5, 0.6) is 0 Å². The quantitative estimate of drug-likeness (QED) is 0.767. The predicted molar refractivity (Wildman–Crippen MR) is 101 cm³/mol. The number of nitrogens with zero attached hydrogens (tertiary/aromatic N) is 4. The summed E-state index contributed by atoms with van der Waals surface area (Å²) in [4.78, 5) is 21.1. The van der Waals surface area contributed by atoms with Gasteiger partial charge in [0.25, 0.3) is 11.8 Å². The molecule has 2 aliphatic heterocycles. The summed E-state index contributed by atoms with van der Waals surface area (Å²) in [6.07, 6.45) is -2.22. The van der Waals surface area contributed by atoms with E-state index in [1.807, 2.05) is 6.07 Å². The first-order valence-corrected chi connectivity index (χ1v) is 9.88. The van der Waals surface area contributed by atoms with Gasteiger partial charge in [-0.2, -0.15) is 18.2 Å². The maximum atomic E-state index is 13.2. The van der Waals surface area contributed by atoms with E-state index in [-0.39, 0.29) is 31.8 Å². The highest BCUT2D eigenvalue weighted by Crippen LogP contribution is 2.36. The number of rotatable bonds is 3. The molecule has 0 unspecified atom stereocenters. The molecule has 1 aromatic carbocycles. The molecular formula is C20H23F3N4O2. The summed E-state index contributed by atoms with van der Waals surface area (Å²) in [6, 6.07) is 5.34. The van der Waals surface area contributed by atoms with Crippen LogP contribution in [0.4, 0.5) is 18.9 Å². The van der Waals surface area contributed by atoms with Crippen molar-refractivity contribution in [2.45, 2.75) is 38.8 Å². The fourth-order valence-electron chi connectivity index (χ4n) is 4.06. The average molecular weight is 408 g/mol. The summed E-state index contributed by atoms with van der Waals surface area (Å²) < 4.78 is 44.1. The Morgan fingerprint density at radius 1 is 1.14 bits per heavy atom. The van der Waals surface area contributed by atoms with Crippen molar-refractivity contribution in [3.63, 3.8) is 0 Å². The van der Waals surface area contributed by atoms with Gasteiger partial charge in [-0.15, -0.1) is 0 Å². The van der Waals surface area contributed by atoms with Crippen molar-refractivity contribution in [1.29, 1.82) is 0 Å². The van der Waals surface area contributed by atoms with Gasteiger partial charge >= 0.3 is 6.18 Å². The van der Waals surface area contributed by atoms with E-state index in [1.54, 1.807) is 19.1 Å². The third-order valence-corrected chi connectivity index (χ3v) is 5.69. The smallest absolute Gasteiger partial charge is 0.371 e. The van der Waals surface area contributed by atoms with Crippen molar-refractivity contribution in [2.75, 3.05) is 31.1 Å². The normalized spacial score (nSPS) is 18.5. The Morgan fingerprint density at radius 3 is 2.41 bits per heavy atom. The SMILES string of the molecule is Cc1noc(-c2ccc(C(=O)N3CCC(C(F)(F)F)CC3)c(N3CCCC3)c2)n1. The number of likely N-dealkylation sites (tertiary alicyclic amines) is 1. The zero-order valence-electron chi connectivity index (χ0n) is 16.2. The lowest BCUT2D eigenvalue weighted by molar-refractivity contribution is -0.183. The van der Waals surface area contributed by atoms with E-state index >= 15 is 0 Å². The van der Waals surface area contributed by atoms with Crippen LogP contribution in [-0.4, -0.2) is 53.3 Å². The fraction of sp³-hybridized carbons (Fsp3) is 0.550. The molecule has 0 radical (unpaired) electrons. The van der Waals surface area contributed by atoms with E-state index in [2.05, 4.69) is 15.0 Å². The van der Waals surface area contributed by atoms with Gasteiger partial charge in [0.05, 0.1) is 17.2 Å². The van der Waals surface area contributed by atoms with Crippen molar-refractivity contribution in [3.8, 4) is 11.5 Å². The number of benzene rings is 1. The number of alkyl halides is 3.